The van der Waals surface area contributed by atoms with Gasteiger partial charge in [-0.3, -0.25) is 9.69 Å². The summed E-state index contributed by atoms with van der Waals surface area (Å²) in [5.41, 5.74) is 3.52. The van der Waals surface area contributed by atoms with Crippen LogP contribution in [0.1, 0.15) is 29.8 Å². The molecule has 178 valence electrons. The molecule has 1 aliphatic heterocycles. The van der Waals surface area contributed by atoms with Gasteiger partial charge in [0.15, 0.2) is 0 Å². The first-order valence-corrected chi connectivity index (χ1v) is 11.8. The lowest BCUT2D eigenvalue weighted by Gasteiger charge is -2.37. The number of amides is 1. The molecule has 0 saturated heterocycles. The summed E-state index contributed by atoms with van der Waals surface area (Å²) in [6.45, 7) is 5.86. The van der Waals surface area contributed by atoms with Crippen molar-refractivity contribution in [2.45, 2.75) is 32.5 Å². The number of nitrogens with zero attached hydrogens (tertiary/aromatic N) is 3. The molecule has 1 aliphatic rings. The summed E-state index contributed by atoms with van der Waals surface area (Å²) in [6.07, 6.45) is 1.60. The number of aromatic nitrogens is 1. The van der Waals surface area contributed by atoms with Crippen LogP contribution in [-0.2, 0) is 6.54 Å². The molecule has 1 N–H and O–H groups in total. The third-order valence-electron chi connectivity index (χ3n) is 6.42. The van der Waals surface area contributed by atoms with E-state index in [1.54, 1.807) is 11.1 Å². The number of hydrogen-bond donors (Lipinski definition) is 1. The maximum absolute atomic E-state index is 13.6. The van der Waals surface area contributed by atoms with Crippen molar-refractivity contribution in [1.29, 1.82) is 0 Å². The normalized spacial score (nSPS) is 19.2. The Labute approximate surface area is 201 Å². The van der Waals surface area contributed by atoms with Crippen molar-refractivity contribution in [2.24, 2.45) is 5.92 Å². The number of pyridine rings is 1. The molecular weight excluding hydrogens is 426 g/mol. The molecule has 6 nitrogen and oxygen atoms in total. The molecule has 4 rings (SSSR count). The lowest BCUT2D eigenvalue weighted by molar-refractivity contribution is 0.0325. The van der Waals surface area contributed by atoms with Gasteiger partial charge < -0.3 is 14.7 Å². The van der Waals surface area contributed by atoms with Gasteiger partial charge in [-0.2, -0.15) is 0 Å². The standard InChI is InChI=1S/C28H33N3O3/c1-20-16-31(21(2)19-32)28(33)25-14-24(23-12-8-5-9-13-23)15-29-27(25)34-26(20)18-30(3)17-22-10-6-4-7-11-22/h4-15,20-21,26,32H,16-19H2,1-3H3/t20-,21-,26+/m1/s1. The van der Waals surface area contributed by atoms with Crippen molar-refractivity contribution in [3.05, 3.63) is 84.1 Å². The summed E-state index contributed by atoms with van der Waals surface area (Å²) in [6, 6.07) is 21.8. The fraction of sp³-hybridized carbons (Fsp3) is 0.357. The number of carbonyl (C=O) groups is 1. The Morgan fingerprint density at radius 3 is 2.47 bits per heavy atom. The van der Waals surface area contributed by atoms with Crippen LogP contribution in [0.25, 0.3) is 11.1 Å². The monoisotopic (exact) mass is 459 g/mol. The average molecular weight is 460 g/mol. The highest BCUT2D eigenvalue weighted by Gasteiger charge is 2.34. The second-order valence-electron chi connectivity index (χ2n) is 9.25. The number of ether oxygens (including phenoxy) is 1. The lowest BCUT2D eigenvalue weighted by Crippen LogP contribution is -2.49. The Morgan fingerprint density at radius 1 is 1.12 bits per heavy atom. The molecule has 0 fully saturated rings. The topological polar surface area (TPSA) is 65.9 Å². The smallest absolute Gasteiger partial charge is 0.259 e. The fourth-order valence-corrected chi connectivity index (χ4v) is 4.38. The maximum atomic E-state index is 13.6. The summed E-state index contributed by atoms with van der Waals surface area (Å²) in [5, 5.41) is 9.86. The largest absolute Gasteiger partial charge is 0.472 e. The Hall–Kier alpha value is -3.22. The number of fused-ring (bicyclic) bond motifs is 1. The number of aliphatic hydroxyl groups excluding tert-OH is 1. The van der Waals surface area contributed by atoms with Crippen molar-refractivity contribution in [3.63, 3.8) is 0 Å². The van der Waals surface area contributed by atoms with E-state index in [1.807, 2.05) is 61.5 Å². The van der Waals surface area contributed by atoms with E-state index < -0.39 is 0 Å². The molecule has 0 aliphatic carbocycles. The van der Waals surface area contributed by atoms with Crippen LogP contribution in [0.3, 0.4) is 0 Å². The highest BCUT2D eigenvalue weighted by molar-refractivity contribution is 5.98. The third-order valence-corrected chi connectivity index (χ3v) is 6.42. The van der Waals surface area contributed by atoms with Gasteiger partial charge in [-0.25, -0.2) is 4.98 Å². The first-order valence-electron chi connectivity index (χ1n) is 11.8. The van der Waals surface area contributed by atoms with Crippen LogP contribution in [-0.4, -0.2) is 64.7 Å². The van der Waals surface area contributed by atoms with Crippen LogP contribution >= 0.6 is 0 Å². The van der Waals surface area contributed by atoms with E-state index in [-0.39, 0.29) is 30.6 Å². The summed E-state index contributed by atoms with van der Waals surface area (Å²) in [5.74, 6) is 0.245. The van der Waals surface area contributed by atoms with Gasteiger partial charge in [0.2, 0.25) is 5.88 Å². The van der Waals surface area contributed by atoms with Crippen molar-refractivity contribution in [3.8, 4) is 17.0 Å². The summed E-state index contributed by atoms with van der Waals surface area (Å²) in [7, 11) is 2.08. The van der Waals surface area contributed by atoms with Crippen LogP contribution in [0.15, 0.2) is 72.9 Å². The predicted molar refractivity (Wildman–Crippen MR) is 134 cm³/mol. The van der Waals surface area contributed by atoms with Crippen LogP contribution < -0.4 is 4.74 Å². The van der Waals surface area contributed by atoms with Gasteiger partial charge in [0, 0.05) is 37.3 Å². The van der Waals surface area contributed by atoms with Crippen LogP contribution in [0.4, 0.5) is 0 Å². The van der Waals surface area contributed by atoms with E-state index in [1.165, 1.54) is 5.56 Å². The van der Waals surface area contributed by atoms with Crippen molar-refractivity contribution in [1.82, 2.24) is 14.8 Å². The van der Waals surface area contributed by atoms with Gasteiger partial charge in [0.1, 0.15) is 11.7 Å². The van der Waals surface area contributed by atoms with Crippen LogP contribution in [0.5, 0.6) is 5.88 Å². The Morgan fingerprint density at radius 2 is 1.79 bits per heavy atom. The van der Waals surface area contributed by atoms with Crippen molar-refractivity contribution < 1.29 is 14.6 Å². The van der Waals surface area contributed by atoms with Gasteiger partial charge >= 0.3 is 0 Å². The molecule has 34 heavy (non-hydrogen) atoms. The molecule has 1 aromatic heterocycles. The molecule has 3 atom stereocenters. The Bertz CT molecular complexity index is 1090. The second-order valence-corrected chi connectivity index (χ2v) is 9.25. The highest BCUT2D eigenvalue weighted by Crippen LogP contribution is 2.30. The molecule has 3 aromatic rings. The third kappa shape index (κ3) is 5.46. The molecule has 2 heterocycles. The number of likely N-dealkylation sites (N-methyl/N-ethyl adjacent to an activating group) is 1. The molecule has 0 radical (unpaired) electrons. The van der Waals surface area contributed by atoms with Gasteiger partial charge in [0.05, 0.1) is 12.6 Å². The van der Waals surface area contributed by atoms with E-state index in [4.69, 9.17) is 4.74 Å². The number of benzene rings is 2. The first-order chi connectivity index (χ1) is 16.5. The number of carbonyl (C=O) groups excluding carboxylic acids is 1. The zero-order valence-corrected chi connectivity index (χ0v) is 20.1. The quantitative estimate of drug-likeness (QED) is 0.576. The summed E-state index contributed by atoms with van der Waals surface area (Å²) in [4.78, 5) is 22.2. The van der Waals surface area contributed by atoms with Gasteiger partial charge in [0.25, 0.3) is 5.91 Å². The number of rotatable bonds is 7. The second kappa shape index (κ2) is 10.8. The highest BCUT2D eigenvalue weighted by atomic mass is 16.5. The van der Waals surface area contributed by atoms with E-state index >= 15 is 0 Å². The molecule has 2 aromatic carbocycles. The minimum absolute atomic E-state index is 0.0555. The summed E-state index contributed by atoms with van der Waals surface area (Å²) >= 11 is 0. The molecule has 0 bridgehead atoms. The van der Waals surface area contributed by atoms with Gasteiger partial charge in [-0.15, -0.1) is 0 Å². The van der Waals surface area contributed by atoms with E-state index in [2.05, 4.69) is 36.0 Å². The van der Waals surface area contributed by atoms with Gasteiger partial charge in [-0.1, -0.05) is 67.6 Å². The van der Waals surface area contributed by atoms with E-state index in [0.29, 0.717) is 24.5 Å². The zero-order chi connectivity index (χ0) is 24.1. The number of aliphatic hydroxyl groups is 1. The molecular formula is C28H33N3O3. The van der Waals surface area contributed by atoms with E-state index in [9.17, 15) is 9.90 Å². The number of hydrogen-bond acceptors (Lipinski definition) is 5. The van der Waals surface area contributed by atoms with Crippen LogP contribution in [0, 0.1) is 5.92 Å². The zero-order valence-electron chi connectivity index (χ0n) is 20.1. The minimum Gasteiger partial charge on any atom is -0.472 e. The molecule has 1 amide bonds. The molecule has 0 saturated carbocycles. The van der Waals surface area contributed by atoms with Crippen LogP contribution in [0.2, 0.25) is 0 Å². The van der Waals surface area contributed by atoms with Crippen molar-refractivity contribution >= 4 is 5.91 Å². The maximum Gasteiger partial charge on any atom is 0.259 e. The summed E-state index contributed by atoms with van der Waals surface area (Å²) < 4.78 is 6.42. The average Bonchev–Trinajstić information content (AvgIpc) is 2.86. The van der Waals surface area contributed by atoms with Gasteiger partial charge in [-0.05, 0) is 31.2 Å². The Balaban J connectivity index is 1.65. The van der Waals surface area contributed by atoms with E-state index in [0.717, 1.165) is 17.7 Å². The minimum atomic E-state index is -0.302. The molecule has 0 unspecified atom stereocenters. The molecule has 6 heteroatoms. The van der Waals surface area contributed by atoms with Crippen molar-refractivity contribution in [2.75, 3.05) is 26.7 Å². The fourth-order valence-electron chi connectivity index (χ4n) is 4.38. The lowest BCUT2D eigenvalue weighted by atomic mass is 9.99. The molecule has 0 spiro atoms. The first kappa shape index (κ1) is 23.9. The Kier molecular flexibility index (Phi) is 7.60. The predicted octanol–water partition coefficient (Wildman–Crippen LogP) is 4.10. The SMILES string of the molecule is C[C@@H]1CN([C@H](C)CO)C(=O)c2cc(-c3ccccc3)cnc2O[C@H]1CN(C)Cc1ccccc1.